The van der Waals surface area contributed by atoms with Gasteiger partial charge in [0.25, 0.3) is 5.56 Å². The lowest BCUT2D eigenvalue weighted by atomic mass is 10.1. The molecule has 0 amide bonds. The van der Waals surface area contributed by atoms with Crippen molar-refractivity contribution < 1.29 is 9.47 Å². The highest BCUT2D eigenvalue weighted by molar-refractivity contribution is 6.32. The van der Waals surface area contributed by atoms with Crippen molar-refractivity contribution in [3.05, 3.63) is 50.4 Å². The number of hydrogen-bond acceptors (Lipinski definition) is 5. The Morgan fingerprint density at radius 2 is 2.08 bits per heavy atom. The SMILES string of the molecule is Cn1nc2c(cc1=O)CN(Cc1cc(Cl)c3c(c1)OCCO3)CC2. The highest BCUT2D eigenvalue weighted by atomic mass is 35.5. The zero-order chi connectivity index (χ0) is 16.7. The lowest BCUT2D eigenvalue weighted by Gasteiger charge is -2.28. The third-order valence-electron chi connectivity index (χ3n) is 4.38. The fourth-order valence-corrected chi connectivity index (χ4v) is 3.49. The van der Waals surface area contributed by atoms with Crippen LogP contribution in [0.5, 0.6) is 11.5 Å². The van der Waals surface area contributed by atoms with E-state index in [2.05, 4.69) is 10.00 Å². The molecule has 7 heteroatoms. The molecule has 0 N–H and O–H groups in total. The molecule has 126 valence electrons. The summed E-state index contributed by atoms with van der Waals surface area (Å²) in [6.45, 7) is 3.41. The third-order valence-corrected chi connectivity index (χ3v) is 4.66. The van der Waals surface area contributed by atoms with Crippen LogP contribution in [0, 0.1) is 0 Å². The predicted octanol–water partition coefficient (Wildman–Crippen LogP) is 1.76. The van der Waals surface area contributed by atoms with Crippen molar-refractivity contribution in [1.82, 2.24) is 14.7 Å². The number of rotatable bonds is 2. The fraction of sp³-hybridized carbons (Fsp3) is 0.412. The Labute approximate surface area is 144 Å². The van der Waals surface area contributed by atoms with E-state index in [1.807, 2.05) is 12.1 Å². The van der Waals surface area contributed by atoms with Gasteiger partial charge in [0.2, 0.25) is 0 Å². The lowest BCUT2D eigenvalue weighted by molar-refractivity contribution is 0.171. The van der Waals surface area contributed by atoms with E-state index in [4.69, 9.17) is 21.1 Å². The van der Waals surface area contributed by atoms with E-state index in [0.717, 1.165) is 36.3 Å². The van der Waals surface area contributed by atoms with Crippen molar-refractivity contribution in [3.8, 4) is 11.5 Å². The van der Waals surface area contributed by atoms with E-state index >= 15 is 0 Å². The summed E-state index contributed by atoms with van der Waals surface area (Å²) in [7, 11) is 1.69. The van der Waals surface area contributed by atoms with Crippen LogP contribution in [0.3, 0.4) is 0 Å². The zero-order valence-corrected chi connectivity index (χ0v) is 14.2. The molecule has 1 aromatic heterocycles. The van der Waals surface area contributed by atoms with Crippen molar-refractivity contribution in [2.45, 2.75) is 19.5 Å². The topological polar surface area (TPSA) is 56.6 Å². The summed E-state index contributed by atoms with van der Waals surface area (Å²) in [6.07, 6.45) is 0.835. The molecule has 24 heavy (non-hydrogen) atoms. The van der Waals surface area contributed by atoms with Gasteiger partial charge in [-0.1, -0.05) is 11.6 Å². The molecule has 0 bridgehead atoms. The minimum atomic E-state index is -0.0713. The smallest absolute Gasteiger partial charge is 0.266 e. The quantitative estimate of drug-likeness (QED) is 0.828. The number of halogens is 1. The zero-order valence-electron chi connectivity index (χ0n) is 13.4. The molecule has 2 aliphatic rings. The first-order valence-electron chi connectivity index (χ1n) is 7.96. The van der Waals surface area contributed by atoms with Crippen LogP contribution >= 0.6 is 11.6 Å². The summed E-state index contributed by atoms with van der Waals surface area (Å²) in [5.74, 6) is 1.33. The Balaban J connectivity index is 1.55. The third kappa shape index (κ3) is 2.87. The molecule has 0 radical (unpaired) electrons. The molecule has 0 spiro atoms. The van der Waals surface area contributed by atoms with Gasteiger partial charge in [-0.05, 0) is 23.3 Å². The van der Waals surface area contributed by atoms with Gasteiger partial charge in [-0.2, -0.15) is 5.10 Å². The van der Waals surface area contributed by atoms with Crippen molar-refractivity contribution >= 4 is 11.6 Å². The van der Waals surface area contributed by atoms with Gasteiger partial charge in [0, 0.05) is 39.2 Å². The van der Waals surface area contributed by atoms with E-state index in [0.29, 0.717) is 36.3 Å². The minimum Gasteiger partial charge on any atom is -0.486 e. The van der Waals surface area contributed by atoms with E-state index < -0.39 is 0 Å². The minimum absolute atomic E-state index is 0.0713. The van der Waals surface area contributed by atoms with E-state index in [-0.39, 0.29) is 5.56 Å². The molecule has 0 aliphatic carbocycles. The number of hydrogen-bond donors (Lipinski definition) is 0. The number of nitrogens with zero attached hydrogens (tertiary/aromatic N) is 3. The number of aromatic nitrogens is 2. The number of fused-ring (bicyclic) bond motifs is 2. The van der Waals surface area contributed by atoms with Crippen LogP contribution in [0.15, 0.2) is 23.0 Å². The molecule has 0 saturated heterocycles. The summed E-state index contributed by atoms with van der Waals surface area (Å²) in [5, 5.41) is 4.93. The first-order valence-corrected chi connectivity index (χ1v) is 8.34. The van der Waals surface area contributed by atoms with E-state index in [9.17, 15) is 4.79 Å². The highest BCUT2D eigenvalue weighted by Crippen LogP contribution is 2.38. The maximum atomic E-state index is 11.8. The number of aryl methyl sites for hydroxylation is 1. The maximum Gasteiger partial charge on any atom is 0.266 e. The van der Waals surface area contributed by atoms with Crippen LogP contribution < -0.4 is 15.0 Å². The molecule has 1 aromatic carbocycles. The molecular formula is C17H18ClN3O3. The van der Waals surface area contributed by atoms with Crippen LogP contribution in [0.1, 0.15) is 16.8 Å². The maximum absolute atomic E-state index is 11.8. The van der Waals surface area contributed by atoms with Gasteiger partial charge in [-0.15, -0.1) is 0 Å². The average Bonchev–Trinajstić information content (AvgIpc) is 2.56. The van der Waals surface area contributed by atoms with Gasteiger partial charge in [0.15, 0.2) is 11.5 Å². The standard InChI is InChI=1S/C17H18ClN3O3/c1-20-16(22)8-12-10-21(3-2-14(12)19-20)9-11-6-13(18)17-15(7-11)23-4-5-24-17/h6-8H,2-5,9-10H2,1H3. The Hall–Kier alpha value is -2.05. The van der Waals surface area contributed by atoms with Crippen molar-refractivity contribution in [2.24, 2.45) is 7.05 Å². The summed E-state index contributed by atoms with van der Waals surface area (Å²) >= 11 is 6.31. The highest BCUT2D eigenvalue weighted by Gasteiger charge is 2.21. The van der Waals surface area contributed by atoms with E-state index in [1.54, 1.807) is 13.1 Å². The lowest BCUT2D eigenvalue weighted by Crippen LogP contribution is -2.34. The number of ether oxygens (including phenoxy) is 2. The molecule has 2 aliphatic heterocycles. The molecular weight excluding hydrogens is 330 g/mol. The van der Waals surface area contributed by atoms with Crippen LogP contribution in [0.2, 0.25) is 5.02 Å². The number of benzene rings is 1. The Bertz CT molecular complexity index is 850. The molecule has 0 atom stereocenters. The van der Waals surface area contributed by atoms with Crippen LogP contribution in [0.4, 0.5) is 0 Å². The Morgan fingerprint density at radius 3 is 2.96 bits per heavy atom. The van der Waals surface area contributed by atoms with Crippen LogP contribution in [-0.2, 0) is 26.6 Å². The van der Waals surface area contributed by atoms with Gasteiger partial charge in [-0.25, -0.2) is 4.68 Å². The first-order chi connectivity index (χ1) is 11.6. The first kappa shape index (κ1) is 15.5. The fourth-order valence-electron chi connectivity index (χ4n) is 3.20. The Kier molecular flexibility index (Phi) is 3.94. The molecule has 4 rings (SSSR count). The van der Waals surface area contributed by atoms with Gasteiger partial charge in [0.05, 0.1) is 10.7 Å². The Morgan fingerprint density at radius 1 is 1.25 bits per heavy atom. The second kappa shape index (κ2) is 6.11. The molecule has 3 heterocycles. The van der Waals surface area contributed by atoms with Crippen molar-refractivity contribution in [2.75, 3.05) is 19.8 Å². The normalized spacial score (nSPS) is 16.8. The molecule has 0 fully saturated rings. The summed E-state index contributed by atoms with van der Waals surface area (Å²) in [5.41, 5.74) is 3.02. The monoisotopic (exact) mass is 347 g/mol. The molecule has 0 unspecified atom stereocenters. The van der Waals surface area contributed by atoms with Gasteiger partial charge < -0.3 is 9.47 Å². The largest absolute Gasteiger partial charge is 0.486 e. The summed E-state index contributed by atoms with van der Waals surface area (Å²) in [6, 6.07) is 5.59. The van der Waals surface area contributed by atoms with Gasteiger partial charge in [0.1, 0.15) is 13.2 Å². The van der Waals surface area contributed by atoms with Gasteiger partial charge in [-0.3, -0.25) is 9.69 Å². The van der Waals surface area contributed by atoms with Gasteiger partial charge >= 0.3 is 0 Å². The predicted molar refractivity (Wildman–Crippen MR) is 89.7 cm³/mol. The second-order valence-corrected chi connectivity index (χ2v) is 6.55. The van der Waals surface area contributed by atoms with Crippen molar-refractivity contribution in [1.29, 1.82) is 0 Å². The summed E-state index contributed by atoms with van der Waals surface area (Å²) in [4.78, 5) is 14.1. The van der Waals surface area contributed by atoms with Crippen molar-refractivity contribution in [3.63, 3.8) is 0 Å². The molecule has 6 nitrogen and oxygen atoms in total. The van der Waals surface area contributed by atoms with E-state index in [1.165, 1.54) is 4.68 Å². The second-order valence-electron chi connectivity index (χ2n) is 6.14. The molecule has 0 saturated carbocycles. The summed E-state index contributed by atoms with van der Waals surface area (Å²) < 4.78 is 12.6. The van der Waals surface area contributed by atoms with Crippen LogP contribution in [0.25, 0.3) is 0 Å². The average molecular weight is 348 g/mol. The molecule has 2 aromatic rings. The van der Waals surface area contributed by atoms with Crippen LogP contribution in [-0.4, -0.2) is 34.4 Å².